The summed E-state index contributed by atoms with van der Waals surface area (Å²) in [6, 6.07) is 0. The first-order chi connectivity index (χ1) is 6.58. The van der Waals surface area contributed by atoms with Gasteiger partial charge >= 0.3 is 0 Å². The Balaban J connectivity index is 1.75. The molecule has 0 radical (unpaired) electrons. The fourth-order valence-electron chi connectivity index (χ4n) is 1.21. The van der Waals surface area contributed by atoms with E-state index >= 15 is 0 Å². The topological polar surface area (TPSA) is 47.3 Å². The first-order valence-corrected chi connectivity index (χ1v) is 5.65. The Morgan fingerprint density at radius 1 is 1.36 bits per heavy atom. The largest absolute Gasteiger partial charge is 0.380 e. The molecule has 1 rings (SSSR count). The van der Waals surface area contributed by atoms with Gasteiger partial charge in [0, 0.05) is 18.7 Å². The molecular weight excluding hydrogens is 176 g/mol. The number of nitrogens with one attached hydrogen (secondary N) is 1. The van der Waals surface area contributed by atoms with E-state index in [1.165, 1.54) is 12.8 Å². The fourth-order valence-corrected chi connectivity index (χ4v) is 1.21. The summed E-state index contributed by atoms with van der Waals surface area (Å²) in [5, 5.41) is 3.33. The highest BCUT2D eigenvalue weighted by Crippen LogP contribution is 2.28. The molecule has 0 aromatic heterocycles. The van der Waals surface area contributed by atoms with E-state index in [9.17, 15) is 0 Å². The van der Waals surface area contributed by atoms with Crippen LogP contribution in [0, 0.1) is 5.92 Å². The van der Waals surface area contributed by atoms with Gasteiger partial charge in [-0.25, -0.2) is 0 Å². The Labute approximate surface area is 87.4 Å². The molecule has 0 heterocycles. The third-order valence-electron chi connectivity index (χ3n) is 2.42. The SMILES string of the molecule is CC(C)(N)CCNCCOCC1CC1. The molecule has 3 heteroatoms. The summed E-state index contributed by atoms with van der Waals surface area (Å²) in [5.74, 6) is 0.873. The molecule has 0 atom stereocenters. The third-order valence-corrected chi connectivity index (χ3v) is 2.42. The average molecular weight is 200 g/mol. The van der Waals surface area contributed by atoms with E-state index in [0.29, 0.717) is 0 Å². The zero-order valence-electron chi connectivity index (χ0n) is 9.51. The van der Waals surface area contributed by atoms with E-state index in [1.807, 2.05) is 0 Å². The predicted molar refractivity (Wildman–Crippen MR) is 59.3 cm³/mol. The number of hydrogen-bond acceptors (Lipinski definition) is 3. The van der Waals surface area contributed by atoms with Crippen LogP contribution >= 0.6 is 0 Å². The molecule has 0 unspecified atom stereocenters. The maximum Gasteiger partial charge on any atom is 0.0591 e. The van der Waals surface area contributed by atoms with E-state index in [2.05, 4.69) is 19.2 Å². The third kappa shape index (κ3) is 7.30. The van der Waals surface area contributed by atoms with Crippen LogP contribution in [0.3, 0.4) is 0 Å². The van der Waals surface area contributed by atoms with Crippen molar-refractivity contribution in [3.63, 3.8) is 0 Å². The van der Waals surface area contributed by atoms with Gasteiger partial charge in [0.1, 0.15) is 0 Å². The van der Waals surface area contributed by atoms with Gasteiger partial charge in [0.05, 0.1) is 6.61 Å². The van der Waals surface area contributed by atoms with Crippen LogP contribution in [0.5, 0.6) is 0 Å². The Kier molecular flexibility index (Phi) is 4.85. The van der Waals surface area contributed by atoms with E-state index in [-0.39, 0.29) is 5.54 Å². The summed E-state index contributed by atoms with van der Waals surface area (Å²) in [6.07, 6.45) is 3.75. The van der Waals surface area contributed by atoms with Crippen LogP contribution in [-0.4, -0.2) is 31.8 Å². The Bertz CT molecular complexity index is 150. The van der Waals surface area contributed by atoms with Crippen LogP contribution < -0.4 is 11.1 Å². The van der Waals surface area contributed by atoms with Crippen molar-refractivity contribution in [1.82, 2.24) is 5.32 Å². The molecule has 0 spiro atoms. The lowest BCUT2D eigenvalue weighted by Gasteiger charge is -2.18. The summed E-state index contributed by atoms with van der Waals surface area (Å²) < 4.78 is 5.50. The van der Waals surface area contributed by atoms with E-state index in [4.69, 9.17) is 10.5 Å². The van der Waals surface area contributed by atoms with Crippen molar-refractivity contribution in [1.29, 1.82) is 0 Å². The molecule has 1 saturated carbocycles. The summed E-state index contributed by atoms with van der Waals surface area (Å²) in [7, 11) is 0. The van der Waals surface area contributed by atoms with E-state index < -0.39 is 0 Å². The molecule has 14 heavy (non-hydrogen) atoms. The van der Waals surface area contributed by atoms with Gasteiger partial charge in [0.15, 0.2) is 0 Å². The van der Waals surface area contributed by atoms with Crippen LogP contribution in [0.15, 0.2) is 0 Å². The number of rotatable bonds is 8. The van der Waals surface area contributed by atoms with Gasteiger partial charge in [0.2, 0.25) is 0 Å². The summed E-state index contributed by atoms with van der Waals surface area (Å²) >= 11 is 0. The normalized spacial score (nSPS) is 17.4. The van der Waals surface area contributed by atoms with Crippen LogP contribution in [0.25, 0.3) is 0 Å². The monoisotopic (exact) mass is 200 g/mol. The van der Waals surface area contributed by atoms with Crippen molar-refractivity contribution >= 4 is 0 Å². The zero-order valence-corrected chi connectivity index (χ0v) is 9.51. The lowest BCUT2D eigenvalue weighted by molar-refractivity contribution is 0.126. The second-order valence-electron chi connectivity index (χ2n) is 5.01. The molecule has 0 aromatic rings. The zero-order chi connectivity index (χ0) is 10.4. The quantitative estimate of drug-likeness (QED) is 0.577. The minimum Gasteiger partial charge on any atom is -0.380 e. The molecule has 0 aliphatic heterocycles. The molecule has 0 saturated heterocycles. The van der Waals surface area contributed by atoms with Crippen molar-refractivity contribution in [2.24, 2.45) is 11.7 Å². The Morgan fingerprint density at radius 2 is 2.07 bits per heavy atom. The lowest BCUT2D eigenvalue weighted by Crippen LogP contribution is -2.36. The van der Waals surface area contributed by atoms with Crippen molar-refractivity contribution in [3.8, 4) is 0 Å². The smallest absolute Gasteiger partial charge is 0.0591 e. The van der Waals surface area contributed by atoms with Gasteiger partial charge in [-0.3, -0.25) is 0 Å². The first kappa shape index (κ1) is 12.0. The molecule has 0 aromatic carbocycles. The summed E-state index contributed by atoms with van der Waals surface area (Å²) in [6.45, 7) is 7.83. The van der Waals surface area contributed by atoms with Gasteiger partial charge in [-0.1, -0.05) is 0 Å². The average Bonchev–Trinajstić information content (AvgIpc) is 2.84. The van der Waals surface area contributed by atoms with Crippen LogP contribution in [-0.2, 0) is 4.74 Å². The summed E-state index contributed by atoms with van der Waals surface area (Å²) in [5.41, 5.74) is 5.80. The van der Waals surface area contributed by atoms with Gasteiger partial charge in [-0.2, -0.15) is 0 Å². The highest BCUT2D eigenvalue weighted by Gasteiger charge is 2.20. The predicted octanol–water partition coefficient (Wildman–Crippen LogP) is 1.13. The highest BCUT2D eigenvalue weighted by molar-refractivity contribution is 4.73. The number of nitrogens with two attached hydrogens (primary N) is 1. The molecule has 1 aliphatic rings. The molecular formula is C11H24N2O. The van der Waals surface area contributed by atoms with Crippen molar-refractivity contribution in [2.75, 3.05) is 26.3 Å². The number of hydrogen-bond donors (Lipinski definition) is 2. The van der Waals surface area contributed by atoms with E-state index in [0.717, 1.165) is 38.6 Å². The maximum absolute atomic E-state index is 5.85. The lowest BCUT2D eigenvalue weighted by atomic mass is 10.0. The van der Waals surface area contributed by atoms with Crippen molar-refractivity contribution < 1.29 is 4.74 Å². The van der Waals surface area contributed by atoms with Gasteiger partial charge in [-0.15, -0.1) is 0 Å². The van der Waals surface area contributed by atoms with Crippen molar-refractivity contribution in [3.05, 3.63) is 0 Å². The fraction of sp³-hybridized carbons (Fsp3) is 1.00. The summed E-state index contributed by atoms with van der Waals surface area (Å²) in [4.78, 5) is 0. The second-order valence-corrected chi connectivity index (χ2v) is 5.01. The first-order valence-electron chi connectivity index (χ1n) is 5.65. The van der Waals surface area contributed by atoms with Gasteiger partial charge in [-0.05, 0) is 45.6 Å². The number of ether oxygens (including phenoxy) is 1. The van der Waals surface area contributed by atoms with Gasteiger partial charge < -0.3 is 15.8 Å². The standard InChI is InChI=1S/C11H24N2O/c1-11(2,12)5-6-13-7-8-14-9-10-3-4-10/h10,13H,3-9,12H2,1-2H3. The van der Waals surface area contributed by atoms with E-state index in [1.54, 1.807) is 0 Å². The Hall–Kier alpha value is -0.120. The molecule has 0 bridgehead atoms. The van der Waals surface area contributed by atoms with Crippen molar-refractivity contribution in [2.45, 2.75) is 38.6 Å². The minimum atomic E-state index is -0.0537. The molecule has 1 fully saturated rings. The minimum absolute atomic E-state index is 0.0537. The highest BCUT2D eigenvalue weighted by atomic mass is 16.5. The van der Waals surface area contributed by atoms with Crippen LogP contribution in [0.4, 0.5) is 0 Å². The molecule has 3 N–H and O–H groups in total. The van der Waals surface area contributed by atoms with Crippen LogP contribution in [0.2, 0.25) is 0 Å². The Morgan fingerprint density at radius 3 is 2.64 bits per heavy atom. The van der Waals surface area contributed by atoms with Gasteiger partial charge in [0.25, 0.3) is 0 Å². The molecule has 1 aliphatic carbocycles. The molecule has 3 nitrogen and oxygen atoms in total. The molecule has 0 amide bonds. The maximum atomic E-state index is 5.85. The molecule has 84 valence electrons. The second kappa shape index (κ2) is 5.69. The van der Waals surface area contributed by atoms with Crippen LogP contribution in [0.1, 0.15) is 33.1 Å².